The summed E-state index contributed by atoms with van der Waals surface area (Å²) >= 11 is 0. The fraction of sp³-hybridized carbons (Fsp3) is 0.714. The van der Waals surface area contributed by atoms with Crippen LogP contribution in [0.2, 0.25) is 0 Å². The van der Waals surface area contributed by atoms with Crippen molar-refractivity contribution < 1.29 is 4.74 Å². The van der Waals surface area contributed by atoms with E-state index in [2.05, 4.69) is 17.2 Å². The van der Waals surface area contributed by atoms with Gasteiger partial charge in [-0.05, 0) is 39.0 Å². The molecule has 1 heterocycles. The maximum atomic E-state index is 6.02. The minimum absolute atomic E-state index is 0.245. The number of nitrogens with zero attached hydrogens (tertiary/aromatic N) is 2. The average molecular weight is 249 g/mol. The molecule has 0 radical (unpaired) electrons. The lowest BCUT2D eigenvalue weighted by Gasteiger charge is -2.27. The summed E-state index contributed by atoms with van der Waals surface area (Å²) in [6.07, 6.45) is 5.41. The highest BCUT2D eigenvalue weighted by molar-refractivity contribution is 5.36. The Morgan fingerprint density at radius 2 is 2.00 bits per heavy atom. The fourth-order valence-electron chi connectivity index (χ4n) is 2.67. The van der Waals surface area contributed by atoms with Gasteiger partial charge >= 0.3 is 0 Å². The van der Waals surface area contributed by atoms with Crippen molar-refractivity contribution in [3.8, 4) is 0 Å². The van der Waals surface area contributed by atoms with Gasteiger partial charge in [-0.2, -0.15) is 0 Å². The zero-order valence-electron chi connectivity index (χ0n) is 11.6. The van der Waals surface area contributed by atoms with Crippen LogP contribution in [-0.4, -0.2) is 23.6 Å². The van der Waals surface area contributed by atoms with Crippen molar-refractivity contribution in [2.24, 2.45) is 0 Å². The number of hydrogen-bond donors (Lipinski definition) is 1. The molecule has 0 unspecified atom stereocenters. The van der Waals surface area contributed by atoms with Crippen molar-refractivity contribution in [3.05, 3.63) is 17.6 Å². The Morgan fingerprint density at radius 1 is 1.28 bits per heavy atom. The van der Waals surface area contributed by atoms with Gasteiger partial charge in [-0.1, -0.05) is 6.92 Å². The van der Waals surface area contributed by atoms with E-state index in [1.165, 1.54) is 12.8 Å². The summed E-state index contributed by atoms with van der Waals surface area (Å²) in [5.74, 6) is 1.76. The molecule has 0 bridgehead atoms. The van der Waals surface area contributed by atoms with Crippen molar-refractivity contribution in [2.45, 2.75) is 51.6 Å². The lowest BCUT2D eigenvalue weighted by atomic mass is 10.0. The van der Waals surface area contributed by atoms with Crippen LogP contribution >= 0.6 is 0 Å². The largest absolute Gasteiger partial charge is 0.373 e. The summed E-state index contributed by atoms with van der Waals surface area (Å²) < 4.78 is 6.02. The first-order valence-corrected chi connectivity index (χ1v) is 6.94. The van der Waals surface area contributed by atoms with Crippen LogP contribution in [0.1, 0.15) is 51.0 Å². The summed E-state index contributed by atoms with van der Waals surface area (Å²) in [6, 6.07) is 2.01. The van der Waals surface area contributed by atoms with E-state index < -0.39 is 0 Å². The molecule has 4 heteroatoms. The van der Waals surface area contributed by atoms with Crippen LogP contribution in [-0.2, 0) is 16.8 Å². The van der Waals surface area contributed by atoms with Gasteiger partial charge in [0.2, 0.25) is 0 Å². The van der Waals surface area contributed by atoms with E-state index in [0.29, 0.717) is 6.61 Å². The van der Waals surface area contributed by atoms with Crippen LogP contribution < -0.4 is 5.32 Å². The number of ether oxygens (including phenoxy) is 1. The first-order valence-electron chi connectivity index (χ1n) is 6.94. The zero-order valence-corrected chi connectivity index (χ0v) is 11.6. The molecule has 0 atom stereocenters. The van der Waals surface area contributed by atoms with Gasteiger partial charge in [0.1, 0.15) is 11.4 Å². The van der Waals surface area contributed by atoms with E-state index >= 15 is 0 Å². The molecule has 0 amide bonds. The fourth-order valence-corrected chi connectivity index (χ4v) is 2.67. The molecule has 2 rings (SSSR count). The second-order valence-corrected chi connectivity index (χ2v) is 4.81. The van der Waals surface area contributed by atoms with Gasteiger partial charge in [0, 0.05) is 25.4 Å². The molecule has 1 aliphatic rings. The summed E-state index contributed by atoms with van der Waals surface area (Å²) in [5, 5.41) is 3.12. The second-order valence-electron chi connectivity index (χ2n) is 4.81. The highest BCUT2D eigenvalue weighted by Crippen LogP contribution is 2.40. The summed E-state index contributed by atoms with van der Waals surface area (Å²) in [7, 11) is 1.90. The Kier molecular flexibility index (Phi) is 4.17. The van der Waals surface area contributed by atoms with Crippen LogP contribution in [0.5, 0.6) is 0 Å². The molecule has 1 saturated carbocycles. The SMILES string of the molecule is CCOC1(c2nc(CC)cc(NC)n2)CCCC1. The van der Waals surface area contributed by atoms with Crippen LogP contribution in [0.3, 0.4) is 0 Å². The first kappa shape index (κ1) is 13.3. The summed E-state index contributed by atoms with van der Waals surface area (Å²) in [5.41, 5.74) is 0.834. The average Bonchev–Trinajstić information content (AvgIpc) is 2.88. The van der Waals surface area contributed by atoms with E-state index in [4.69, 9.17) is 9.72 Å². The number of anilines is 1. The smallest absolute Gasteiger partial charge is 0.162 e. The van der Waals surface area contributed by atoms with Crippen LogP contribution in [0, 0.1) is 0 Å². The number of rotatable bonds is 5. The zero-order chi connectivity index (χ0) is 13.0. The summed E-state index contributed by atoms with van der Waals surface area (Å²) in [6.45, 7) is 4.88. The predicted molar refractivity (Wildman–Crippen MR) is 72.7 cm³/mol. The van der Waals surface area contributed by atoms with Crippen LogP contribution in [0.4, 0.5) is 5.82 Å². The molecule has 1 aromatic rings. The van der Waals surface area contributed by atoms with Crippen molar-refractivity contribution >= 4 is 5.82 Å². The molecular weight excluding hydrogens is 226 g/mol. The molecular formula is C14H23N3O. The second kappa shape index (κ2) is 5.65. The Balaban J connectivity index is 2.40. The lowest BCUT2D eigenvalue weighted by molar-refractivity contribution is -0.0457. The lowest BCUT2D eigenvalue weighted by Crippen LogP contribution is -2.29. The number of aromatic nitrogens is 2. The Bertz CT molecular complexity index is 378. The molecule has 0 aliphatic heterocycles. The van der Waals surface area contributed by atoms with E-state index in [0.717, 1.165) is 36.6 Å². The Hall–Kier alpha value is -1.16. The molecule has 1 fully saturated rings. The summed E-state index contributed by atoms with van der Waals surface area (Å²) in [4.78, 5) is 9.32. The van der Waals surface area contributed by atoms with E-state index in [-0.39, 0.29) is 5.60 Å². The van der Waals surface area contributed by atoms with Gasteiger partial charge in [-0.15, -0.1) is 0 Å². The molecule has 100 valence electrons. The third-order valence-electron chi connectivity index (χ3n) is 3.64. The predicted octanol–water partition coefficient (Wildman–Crippen LogP) is 2.89. The van der Waals surface area contributed by atoms with E-state index in [1.54, 1.807) is 0 Å². The normalized spacial score (nSPS) is 17.9. The molecule has 0 aromatic carbocycles. The Labute approximate surface area is 109 Å². The highest BCUT2D eigenvalue weighted by atomic mass is 16.5. The molecule has 1 N–H and O–H groups in total. The molecule has 0 saturated heterocycles. The minimum atomic E-state index is -0.245. The standard InChI is InChI=1S/C14H23N3O/c1-4-11-10-12(15-3)17-13(16-11)14(18-5-2)8-6-7-9-14/h10H,4-9H2,1-3H3,(H,15,16,17). The Morgan fingerprint density at radius 3 is 2.56 bits per heavy atom. The van der Waals surface area contributed by atoms with Crippen molar-refractivity contribution in [2.75, 3.05) is 19.0 Å². The van der Waals surface area contributed by atoms with Gasteiger partial charge in [0.15, 0.2) is 5.82 Å². The third-order valence-corrected chi connectivity index (χ3v) is 3.64. The van der Waals surface area contributed by atoms with Gasteiger partial charge in [-0.25, -0.2) is 9.97 Å². The molecule has 1 aliphatic carbocycles. The monoisotopic (exact) mass is 249 g/mol. The number of nitrogens with one attached hydrogen (secondary N) is 1. The van der Waals surface area contributed by atoms with E-state index in [1.807, 2.05) is 20.0 Å². The first-order chi connectivity index (χ1) is 8.74. The minimum Gasteiger partial charge on any atom is -0.373 e. The maximum Gasteiger partial charge on any atom is 0.162 e. The quantitative estimate of drug-likeness (QED) is 0.871. The van der Waals surface area contributed by atoms with Crippen LogP contribution in [0.15, 0.2) is 6.07 Å². The number of aryl methyl sites for hydroxylation is 1. The van der Waals surface area contributed by atoms with E-state index in [9.17, 15) is 0 Å². The topological polar surface area (TPSA) is 47.0 Å². The van der Waals surface area contributed by atoms with Crippen molar-refractivity contribution in [1.29, 1.82) is 0 Å². The third kappa shape index (κ3) is 2.48. The highest BCUT2D eigenvalue weighted by Gasteiger charge is 2.39. The maximum absolute atomic E-state index is 6.02. The molecule has 18 heavy (non-hydrogen) atoms. The van der Waals surface area contributed by atoms with Crippen molar-refractivity contribution in [3.63, 3.8) is 0 Å². The van der Waals surface area contributed by atoms with Crippen LogP contribution in [0.25, 0.3) is 0 Å². The molecule has 0 spiro atoms. The van der Waals surface area contributed by atoms with Crippen molar-refractivity contribution in [1.82, 2.24) is 9.97 Å². The van der Waals surface area contributed by atoms with Gasteiger partial charge in [-0.3, -0.25) is 0 Å². The molecule has 1 aromatic heterocycles. The number of hydrogen-bond acceptors (Lipinski definition) is 4. The van der Waals surface area contributed by atoms with Gasteiger partial charge in [0.25, 0.3) is 0 Å². The van der Waals surface area contributed by atoms with Gasteiger partial charge < -0.3 is 10.1 Å². The van der Waals surface area contributed by atoms with Gasteiger partial charge in [0.05, 0.1) is 0 Å². The molecule has 4 nitrogen and oxygen atoms in total.